The first-order chi connectivity index (χ1) is 14.6. The van der Waals surface area contributed by atoms with Crippen molar-refractivity contribution < 1.29 is 23.1 Å². The van der Waals surface area contributed by atoms with Gasteiger partial charge in [0.25, 0.3) is 0 Å². The van der Waals surface area contributed by atoms with Crippen molar-refractivity contribution in [2.45, 2.75) is 44.4 Å². The van der Waals surface area contributed by atoms with Crippen molar-refractivity contribution in [2.75, 3.05) is 6.54 Å². The Morgan fingerprint density at radius 3 is 2.58 bits per heavy atom. The second-order valence-corrected chi connectivity index (χ2v) is 8.81. The first kappa shape index (κ1) is 23.1. The van der Waals surface area contributed by atoms with Crippen LogP contribution in [0, 0.1) is 17.8 Å². The molecular formula is C24H24F3NO2S. The number of allylic oxidation sites excluding steroid dienone is 1. The molecule has 1 aromatic heterocycles. The van der Waals surface area contributed by atoms with Crippen LogP contribution in [-0.2, 0) is 11.0 Å². The smallest absolute Gasteiger partial charge is 0.416 e. The number of alkyl halides is 3. The van der Waals surface area contributed by atoms with E-state index < -0.39 is 17.7 Å². The Kier molecular flexibility index (Phi) is 7.24. The minimum Gasteiger partial charge on any atom is -0.481 e. The van der Waals surface area contributed by atoms with E-state index >= 15 is 0 Å². The van der Waals surface area contributed by atoms with E-state index in [1.165, 1.54) is 12.1 Å². The molecule has 1 aliphatic rings. The van der Waals surface area contributed by atoms with E-state index in [9.17, 15) is 23.1 Å². The van der Waals surface area contributed by atoms with Crippen molar-refractivity contribution in [1.29, 1.82) is 0 Å². The molecule has 0 amide bonds. The van der Waals surface area contributed by atoms with Crippen molar-refractivity contribution in [2.24, 2.45) is 5.92 Å². The zero-order valence-electron chi connectivity index (χ0n) is 17.2. The molecule has 0 bridgehead atoms. The average Bonchev–Trinajstić information content (AvgIpc) is 3.22. The summed E-state index contributed by atoms with van der Waals surface area (Å²) in [7, 11) is 0. The van der Waals surface area contributed by atoms with Crippen molar-refractivity contribution in [3.8, 4) is 11.8 Å². The molecule has 1 N–H and O–H groups in total. The Hall–Kier alpha value is -2.56. The molecule has 1 fully saturated rings. The highest BCUT2D eigenvalue weighted by molar-refractivity contribution is 7.10. The molecule has 1 aliphatic heterocycles. The molecule has 164 valence electrons. The molecule has 2 aromatic rings. The van der Waals surface area contributed by atoms with E-state index in [1.807, 2.05) is 24.4 Å². The summed E-state index contributed by atoms with van der Waals surface area (Å²) in [6.07, 6.45) is -3.11. The van der Waals surface area contributed by atoms with Gasteiger partial charge in [0.05, 0.1) is 5.56 Å². The number of halogens is 3. The maximum atomic E-state index is 13.0. The van der Waals surface area contributed by atoms with Gasteiger partial charge in [0.2, 0.25) is 0 Å². The van der Waals surface area contributed by atoms with Gasteiger partial charge in [-0.25, -0.2) is 0 Å². The summed E-state index contributed by atoms with van der Waals surface area (Å²) in [6, 6.07) is 8.65. The van der Waals surface area contributed by atoms with Crippen LogP contribution < -0.4 is 0 Å². The molecule has 3 rings (SSSR count). The SMILES string of the molecule is C=C(C)C#C[C@H](c1cccs1)N1CC[C@@H](CC(=O)O)C[C@H]1c1ccc(C(F)(F)F)cc1. The van der Waals surface area contributed by atoms with Crippen molar-refractivity contribution in [1.82, 2.24) is 4.90 Å². The average molecular weight is 448 g/mol. The van der Waals surface area contributed by atoms with Gasteiger partial charge in [-0.15, -0.1) is 11.3 Å². The first-order valence-electron chi connectivity index (χ1n) is 10.00. The lowest BCUT2D eigenvalue weighted by atomic mass is 9.84. The minimum atomic E-state index is -4.40. The number of benzene rings is 1. The molecule has 2 heterocycles. The van der Waals surface area contributed by atoms with E-state index in [0.717, 1.165) is 28.1 Å². The van der Waals surface area contributed by atoms with Crippen LogP contribution >= 0.6 is 11.3 Å². The van der Waals surface area contributed by atoms with Crippen LogP contribution in [0.15, 0.2) is 53.9 Å². The van der Waals surface area contributed by atoms with Crippen LogP contribution in [0.25, 0.3) is 0 Å². The fourth-order valence-electron chi connectivity index (χ4n) is 3.98. The van der Waals surface area contributed by atoms with Crippen molar-refractivity contribution in [3.63, 3.8) is 0 Å². The number of carboxylic acid groups (broad SMARTS) is 1. The third kappa shape index (κ3) is 5.99. The number of hydrogen-bond acceptors (Lipinski definition) is 3. The summed E-state index contributed by atoms with van der Waals surface area (Å²) in [6.45, 7) is 6.28. The summed E-state index contributed by atoms with van der Waals surface area (Å²) in [5.41, 5.74) is 0.771. The van der Waals surface area contributed by atoms with Gasteiger partial charge in [0.15, 0.2) is 0 Å². The predicted octanol–water partition coefficient (Wildman–Crippen LogP) is 6.32. The second-order valence-electron chi connectivity index (χ2n) is 7.83. The summed E-state index contributed by atoms with van der Waals surface area (Å²) in [5.74, 6) is 5.42. The number of rotatable bonds is 5. The number of carbonyl (C=O) groups is 1. The van der Waals surface area contributed by atoms with E-state index in [0.29, 0.717) is 19.4 Å². The fourth-order valence-corrected chi connectivity index (χ4v) is 4.77. The zero-order chi connectivity index (χ0) is 22.6. The van der Waals surface area contributed by atoms with E-state index in [4.69, 9.17) is 0 Å². The standard InChI is InChI=1S/C24H24F3NO2S/c1-16(2)5-10-20(22-4-3-13-31-22)28-12-11-17(15-23(29)30)14-21(28)18-6-8-19(9-7-18)24(25,26)27/h3-4,6-9,13,17,20-21H,1,11-12,14-15H2,2H3,(H,29,30)/t17-,20-,21+/m1/s1. The summed E-state index contributed by atoms with van der Waals surface area (Å²) in [5, 5.41) is 11.2. The molecule has 0 spiro atoms. The molecule has 31 heavy (non-hydrogen) atoms. The summed E-state index contributed by atoms with van der Waals surface area (Å²) in [4.78, 5) is 14.5. The van der Waals surface area contributed by atoms with Crippen LogP contribution in [0.1, 0.15) is 54.3 Å². The number of hydrogen-bond donors (Lipinski definition) is 1. The summed E-state index contributed by atoms with van der Waals surface area (Å²) >= 11 is 1.57. The number of thiophene rings is 1. The molecule has 0 aliphatic carbocycles. The molecule has 0 saturated carbocycles. The van der Waals surface area contributed by atoms with E-state index in [1.54, 1.807) is 11.3 Å². The largest absolute Gasteiger partial charge is 0.481 e. The lowest BCUT2D eigenvalue weighted by molar-refractivity contribution is -0.139. The highest BCUT2D eigenvalue weighted by Gasteiger charge is 2.36. The topological polar surface area (TPSA) is 40.5 Å². The Morgan fingerprint density at radius 2 is 2.03 bits per heavy atom. The molecule has 7 heteroatoms. The van der Waals surface area contributed by atoms with Gasteiger partial charge in [-0.1, -0.05) is 36.6 Å². The van der Waals surface area contributed by atoms with Crippen LogP contribution in [0.3, 0.4) is 0 Å². The van der Waals surface area contributed by atoms with Gasteiger partial charge in [0, 0.05) is 23.9 Å². The second kappa shape index (κ2) is 9.71. The van der Waals surface area contributed by atoms with Crippen LogP contribution in [0.4, 0.5) is 13.2 Å². The van der Waals surface area contributed by atoms with Crippen LogP contribution in [-0.4, -0.2) is 22.5 Å². The number of piperidine rings is 1. The zero-order valence-corrected chi connectivity index (χ0v) is 18.0. The Bertz CT molecular complexity index is 971. The van der Waals surface area contributed by atoms with Crippen LogP contribution in [0.5, 0.6) is 0 Å². The van der Waals surface area contributed by atoms with Gasteiger partial charge >= 0.3 is 12.1 Å². The number of carboxylic acids is 1. The Labute approximate surface area is 184 Å². The molecule has 0 unspecified atom stereocenters. The lowest BCUT2D eigenvalue weighted by Crippen LogP contribution is -2.39. The highest BCUT2D eigenvalue weighted by Crippen LogP contribution is 2.42. The van der Waals surface area contributed by atoms with Crippen molar-refractivity contribution >= 4 is 17.3 Å². The predicted molar refractivity (Wildman–Crippen MR) is 116 cm³/mol. The first-order valence-corrected chi connectivity index (χ1v) is 10.9. The third-order valence-corrected chi connectivity index (χ3v) is 6.33. The third-order valence-electron chi connectivity index (χ3n) is 5.41. The van der Waals surface area contributed by atoms with Gasteiger partial charge in [0.1, 0.15) is 6.04 Å². The Balaban J connectivity index is 1.99. The lowest BCUT2D eigenvalue weighted by Gasteiger charge is -2.42. The van der Waals surface area contributed by atoms with Gasteiger partial charge in [-0.3, -0.25) is 9.69 Å². The number of nitrogens with zero attached hydrogens (tertiary/aromatic N) is 1. The molecule has 0 radical (unpaired) electrons. The van der Waals surface area contributed by atoms with Crippen LogP contribution in [0.2, 0.25) is 0 Å². The molecule has 3 nitrogen and oxygen atoms in total. The van der Waals surface area contributed by atoms with Gasteiger partial charge in [-0.05, 0) is 60.4 Å². The molecule has 3 atom stereocenters. The monoisotopic (exact) mass is 447 g/mol. The minimum absolute atomic E-state index is 0.0425. The normalized spacial score (nSPS) is 20.5. The number of likely N-dealkylation sites (tertiary alicyclic amines) is 1. The Morgan fingerprint density at radius 1 is 1.32 bits per heavy atom. The van der Waals surface area contributed by atoms with Gasteiger partial charge in [-0.2, -0.15) is 13.2 Å². The van der Waals surface area contributed by atoms with Gasteiger partial charge < -0.3 is 5.11 Å². The maximum absolute atomic E-state index is 13.0. The highest BCUT2D eigenvalue weighted by atomic mass is 32.1. The molecule has 1 saturated heterocycles. The molecular weight excluding hydrogens is 423 g/mol. The molecule has 1 aromatic carbocycles. The number of aliphatic carboxylic acids is 1. The fraction of sp³-hybridized carbons (Fsp3) is 0.375. The van der Waals surface area contributed by atoms with E-state index in [-0.39, 0.29) is 24.4 Å². The van der Waals surface area contributed by atoms with Crippen molar-refractivity contribution in [3.05, 3.63) is 69.9 Å². The summed E-state index contributed by atoms with van der Waals surface area (Å²) < 4.78 is 39.1. The van der Waals surface area contributed by atoms with E-state index in [2.05, 4.69) is 23.3 Å². The quantitative estimate of drug-likeness (QED) is 0.546. The maximum Gasteiger partial charge on any atom is 0.416 e.